The molecule has 0 aromatic carbocycles. The van der Waals surface area contributed by atoms with E-state index in [0.29, 0.717) is 11.4 Å². The zero-order chi connectivity index (χ0) is 12.7. The van der Waals surface area contributed by atoms with Gasteiger partial charge in [-0.2, -0.15) is 11.8 Å². The van der Waals surface area contributed by atoms with Gasteiger partial charge in [0.2, 0.25) is 0 Å². The van der Waals surface area contributed by atoms with Crippen molar-refractivity contribution in [3.63, 3.8) is 0 Å². The Morgan fingerprint density at radius 2 is 2.18 bits per heavy atom. The van der Waals surface area contributed by atoms with Crippen LogP contribution in [0.5, 0.6) is 0 Å². The first-order chi connectivity index (χ1) is 8.11. The lowest BCUT2D eigenvalue weighted by molar-refractivity contribution is -0.0191. The molecule has 0 amide bonds. The quantitative estimate of drug-likeness (QED) is 0.758. The fraction of sp³-hybridized carbons (Fsp3) is 1.00. The van der Waals surface area contributed by atoms with Crippen molar-refractivity contribution in [1.82, 2.24) is 4.90 Å². The van der Waals surface area contributed by atoms with Crippen LogP contribution in [0.4, 0.5) is 0 Å². The average molecular weight is 260 g/mol. The van der Waals surface area contributed by atoms with Crippen LogP contribution < -0.4 is 5.73 Å². The smallest absolute Gasteiger partial charge is 0.0792 e. The third-order valence-electron chi connectivity index (χ3n) is 2.99. The Balaban J connectivity index is 2.20. The number of nitrogens with two attached hydrogens (primary N) is 1. The number of rotatable bonds is 7. The molecule has 1 heterocycles. The standard InChI is InChI=1S/C13H28N2OS/c1-11(2)8-15-6-7-16-13(9-15)10-17-12(3)4-5-14/h11-13H,4-10,14H2,1-3H3. The lowest BCUT2D eigenvalue weighted by Crippen LogP contribution is -2.45. The monoisotopic (exact) mass is 260 g/mol. The summed E-state index contributed by atoms with van der Waals surface area (Å²) in [7, 11) is 0. The lowest BCUT2D eigenvalue weighted by atomic mass is 10.2. The summed E-state index contributed by atoms with van der Waals surface area (Å²) in [5.74, 6) is 1.85. The van der Waals surface area contributed by atoms with Gasteiger partial charge in [-0.15, -0.1) is 0 Å². The third-order valence-corrected chi connectivity index (χ3v) is 4.36. The van der Waals surface area contributed by atoms with E-state index in [1.54, 1.807) is 0 Å². The second-order valence-electron chi connectivity index (χ2n) is 5.37. The van der Waals surface area contributed by atoms with E-state index in [-0.39, 0.29) is 0 Å². The lowest BCUT2D eigenvalue weighted by Gasteiger charge is -2.34. The van der Waals surface area contributed by atoms with Gasteiger partial charge in [-0.25, -0.2) is 0 Å². The highest BCUT2D eigenvalue weighted by atomic mass is 32.2. The van der Waals surface area contributed by atoms with Gasteiger partial charge in [0.1, 0.15) is 0 Å². The second kappa shape index (κ2) is 8.35. The minimum Gasteiger partial charge on any atom is -0.375 e. The molecule has 102 valence electrons. The Labute approximate surface area is 110 Å². The summed E-state index contributed by atoms with van der Waals surface area (Å²) in [5.41, 5.74) is 5.56. The van der Waals surface area contributed by atoms with E-state index < -0.39 is 0 Å². The van der Waals surface area contributed by atoms with Crippen LogP contribution >= 0.6 is 11.8 Å². The highest BCUT2D eigenvalue weighted by Crippen LogP contribution is 2.18. The first-order valence-electron chi connectivity index (χ1n) is 6.77. The van der Waals surface area contributed by atoms with E-state index in [1.165, 1.54) is 6.54 Å². The Hall–Kier alpha value is 0.230. The summed E-state index contributed by atoms with van der Waals surface area (Å²) >= 11 is 2.00. The molecule has 1 aliphatic rings. The zero-order valence-electron chi connectivity index (χ0n) is 11.5. The van der Waals surface area contributed by atoms with Crippen molar-refractivity contribution in [1.29, 1.82) is 0 Å². The van der Waals surface area contributed by atoms with Crippen molar-refractivity contribution < 1.29 is 4.74 Å². The summed E-state index contributed by atoms with van der Waals surface area (Å²) in [6, 6.07) is 0. The maximum Gasteiger partial charge on any atom is 0.0792 e. The van der Waals surface area contributed by atoms with Crippen LogP contribution in [0.2, 0.25) is 0 Å². The molecule has 3 nitrogen and oxygen atoms in total. The van der Waals surface area contributed by atoms with Gasteiger partial charge in [0, 0.05) is 30.6 Å². The number of morpholine rings is 1. The first-order valence-corrected chi connectivity index (χ1v) is 7.82. The van der Waals surface area contributed by atoms with Crippen molar-refractivity contribution >= 4 is 11.8 Å². The average Bonchev–Trinajstić information content (AvgIpc) is 2.26. The molecule has 2 unspecified atom stereocenters. The Morgan fingerprint density at radius 1 is 1.41 bits per heavy atom. The SMILES string of the molecule is CC(C)CN1CCOC(CSC(C)CCN)C1. The fourth-order valence-corrected chi connectivity index (χ4v) is 3.20. The van der Waals surface area contributed by atoms with Crippen molar-refractivity contribution in [3.05, 3.63) is 0 Å². The minimum absolute atomic E-state index is 0.410. The van der Waals surface area contributed by atoms with E-state index in [9.17, 15) is 0 Å². The maximum absolute atomic E-state index is 5.82. The third kappa shape index (κ3) is 6.65. The predicted octanol–water partition coefficient (Wildman–Crippen LogP) is 1.81. The molecule has 1 aliphatic heterocycles. The Bertz CT molecular complexity index is 202. The summed E-state index contributed by atoms with van der Waals surface area (Å²) in [6.07, 6.45) is 1.51. The number of thioether (sulfide) groups is 1. The van der Waals surface area contributed by atoms with Crippen LogP contribution in [0, 0.1) is 5.92 Å². The molecule has 0 saturated carbocycles. The van der Waals surface area contributed by atoms with Gasteiger partial charge in [0.15, 0.2) is 0 Å². The molecule has 0 aromatic heterocycles. The zero-order valence-corrected chi connectivity index (χ0v) is 12.3. The molecular formula is C13H28N2OS. The van der Waals surface area contributed by atoms with Gasteiger partial charge >= 0.3 is 0 Å². The highest BCUT2D eigenvalue weighted by molar-refractivity contribution is 7.99. The van der Waals surface area contributed by atoms with Crippen LogP contribution in [0.1, 0.15) is 27.2 Å². The van der Waals surface area contributed by atoms with Crippen LogP contribution in [0.3, 0.4) is 0 Å². The molecule has 4 heteroatoms. The van der Waals surface area contributed by atoms with Crippen molar-refractivity contribution in [2.24, 2.45) is 11.7 Å². The molecule has 0 aromatic rings. The molecule has 0 aliphatic carbocycles. The number of nitrogens with zero attached hydrogens (tertiary/aromatic N) is 1. The molecule has 0 bridgehead atoms. The molecule has 1 saturated heterocycles. The van der Waals surface area contributed by atoms with Crippen LogP contribution in [-0.2, 0) is 4.74 Å². The molecule has 2 atom stereocenters. The second-order valence-corrected chi connectivity index (χ2v) is 6.84. The highest BCUT2D eigenvalue weighted by Gasteiger charge is 2.21. The van der Waals surface area contributed by atoms with Gasteiger partial charge in [0.05, 0.1) is 12.7 Å². The maximum atomic E-state index is 5.82. The molecule has 1 rings (SSSR count). The predicted molar refractivity (Wildman–Crippen MR) is 76.6 cm³/mol. The molecule has 0 spiro atoms. The van der Waals surface area contributed by atoms with E-state index in [0.717, 1.165) is 44.3 Å². The molecule has 0 radical (unpaired) electrons. The van der Waals surface area contributed by atoms with Gasteiger partial charge < -0.3 is 10.5 Å². The minimum atomic E-state index is 0.410. The largest absolute Gasteiger partial charge is 0.375 e. The summed E-state index contributed by atoms with van der Waals surface area (Å²) < 4.78 is 5.82. The molecule has 17 heavy (non-hydrogen) atoms. The summed E-state index contributed by atoms with van der Waals surface area (Å²) in [6.45, 7) is 11.9. The van der Waals surface area contributed by atoms with Gasteiger partial charge in [0.25, 0.3) is 0 Å². The van der Waals surface area contributed by atoms with Crippen molar-refractivity contribution in [3.8, 4) is 0 Å². The summed E-state index contributed by atoms with van der Waals surface area (Å²) in [4.78, 5) is 2.53. The van der Waals surface area contributed by atoms with E-state index in [4.69, 9.17) is 10.5 Å². The van der Waals surface area contributed by atoms with Crippen LogP contribution in [-0.4, -0.2) is 54.8 Å². The summed E-state index contributed by atoms with van der Waals surface area (Å²) in [5, 5.41) is 0.657. The number of hydrogen-bond donors (Lipinski definition) is 1. The van der Waals surface area contributed by atoms with Crippen molar-refractivity contribution in [2.45, 2.75) is 38.5 Å². The van der Waals surface area contributed by atoms with E-state index in [1.807, 2.05) is 11.8 Å². The van der Waals surface area contributed by atoms with Gasteiger partial charge in [-0.3, -0.25) is 4.90 Å². The molecule has 1 fully saturated rings. The first kappa shape index (κ1) is 15.3. The van der Waals surface area contributed by atoms with E-state index in [2.05, 4.69) is 25.7 Å². The fourth-order valence-electron chi connectivity index (χ4n) is 2.15. The number of hydrogen-bond acceptors (Lipinski definition) is 4. The molecule has 2 N–H and O–H groups in total. The van der Waals surface area contributed by atoms with Crippen LogP contribution in [0.25, 0.3) is 0 Å². The molecular weight excluding hydrogens is 232 g/mol. The van der Waals surface area contributed by atoms with Crippen molar-refractivity contribution in [2.75, 3.05) is 38.5 Å². The normalized spacial score (nSPS) is 24.2. The van der Waals surface area contributed by atoms with Gasteiger partial charge in [-0.1, -0.05) is 20.8 Å². The van der Waals surface area contributed by atoms with Gasteiger partial charge in [-0.05, 0) is 18.9 Å². The van der Waals surface area contributed by atoms with E-state index >= 15 is 0 Å². The van der Waals surface area contributed by atoms with Crippen LogP contribution in [0.15, 0.2) is 0 Å². The Kier molecular flexibility index (Phi) is 7.51. The Morgan fingerprint density at radius 3 is 2.82 bits per heavy atom. The number of ether oxygens (including phenoxy) is 1. The topological polar surface area (TPSA) is 38.5 Å².